The number of ether oxygens (including phenoxy) is 1. The quantitative estimate of drug-likeness (QED) is 0.396. The van der Waals surface area contributed by atoms with Gasteiger partial charge in [0.15, 0.2) is 0 Å². The van der Waals surface area contributed by atoms with Crippen LogP contribution in [0.4, 0.5) is 0 Å². The second-order valence-electron chi connectivity index (χ2n) is 7.13. The van der Waals surface area contributed by atoms with Gasteiger partial charge in [0.2, 0.25) is 0 Å². The summed E-state index contributed by atoms with van der Waals surface area (Å²) in [7, 11) is 0. The highest BCUT2D eigenvalue weighted by molar-refractivity contribution is 14.1. The van der Waals surface area contributed by atoms with E-state index < -0.39 is 5.60 Å². The smallest absolute Gasteiger partial charge is 0.102 e. The summed E-state index contributed by atoms with van der Waals surface area (Å²) in [4.78, 5) is 0. The standard InChI is InChI=1S/C24H23IO2/c25-17-21-16-24(26,20-14-8-3-9-15-20)22(18-10-4-1-5-11-18)23(27-21)19-12-6-2-7-13-19/h1-15,21-23,26H,16-17H2/t21-,22-,23-,24-/m0/s1. The van der Waals surface area contributed by atoms with Gasteiger partial charge in [-0.25, -0.2) is 0 Å². The summed E-state index contributed by atoms with van der Waals surface area (Å²) >= 11 is 2.36. The van der Waals surface area contributed by atoms with Gasteiger partial charge in [-0.3, -0.25) is 0 Å². The van der Waals surface area contributed by atoms with Crippen LogP contribution in [-0.4, -0.2) is 15.6 Å². The zero-order valence-electron chi connectivity index (χ0n) is 15.0. The Kier molecular flexibility index (Phi) is 5.62. The number of hydrogen-bond acceptors (Lipinski definition) is 2. The van der Waals surface area contributed by atoms with Gasteiger partial charge in [0.25, 0.3) is 0 Å². The van der Waals surface area contributed by atoms with E-state index in [-0.39, 0.29) is 18.1 Å². The van der Waals surface area contributed by atoms with E-state index in [1.165, 1.54) is 0 Å². The van der Waals surface area contributed by atoms with Crippen LogP contribution >= 0.6 is 22.6 Å². The van der Waals surface area contributed by atoms with Crippen molar-refractivity contribution in [2.24, 2.45) is 0 Å². The Balaban J connectivity index is 1.89. The average Bonchev–Trinajstić information content (AvgIpc) is 2.75. The van der Waals surface area contributed by atoms with Crippen molar-refractivity contribution >= 4 is 22.6 Å². The lowest BCUT2D eigenvalue weighted by molar-refractivity contribution is -0.160. The van der Waals surface area contributed by atoms with Crippen LogP contribution in [0, 0.1) is 0 Å². The minimum Gasteiger partial charge on any atom is -0.384 e. The number of rotatable bonds is 4. The molecular formula is C24H23IO2. The van der Waals surface area contributed by atoms with E-state index in [1.807, 2.05) is 66.7 Å². The van der Waals surface area contributed by atoms with Crippen molar-refractivity contribution in [3.63, 3.8) is 0 Å². The third-order valence-corrected chi connectivity index (χ3v) is 6.41. The molecule has 1 heterocycles. The third kappa shape index (κ3) is 3.68. The van der Waals surface area contributed by atoms with Crippen LogP contribution in [0.25, 0.3) is 0 Å². The molecule has 0 amide bonds. The number of aliphatic hydroxyl groups is 1. The van der Waals surface area contributed by atoms with Crippen molar-refractivity contribution in [3.05, 3.63) is 108 Å². The molecule has 1 saturated heterocycles. The third-order valence-electron chi connectivity index (χ3n) is 5.43. The molecule has 3 heteroatoms. The van der Waals surface area contributed by atoms with Gasteiger partial charge in [0.05, 0.1) is 12.2 Å². The van der Waals surface area contributed by atoms with Crippen molar-refractivity contribution in [2.45, 2.75) is 30.1 Å². The number of hydrogen-bond donors (Lipinski definition) is 1. The zero-order valence-corrected chi connectivity index (χ0v) is 17.2. The first-order valence-electron chi connectivity index (χ1n) is 9.31. The maximum absolute atomic E-state index is 12.1. The lowest BCUT2D eigenvalue weighted by atomic mass is 9.68. The minimum absolute atomic E-state index is 0.000902. The summed E-state index contributed by atoms with van der Waals surface area (Å²) in [5.74, 6) is -0.178. The Labute approximate surface area is 174 Å². The van der Waals surface area contributed by atoms with Gasteiger partial charge < -0.3 is 9.84 Å². The van der Waals surface area contributed by atoms with E-state index in [2.05, 4.69) is 46.9 Å². The predicted octanol–water partition coefficient (Wildman–Crippen LogP) is 5.62. The van der Waals surface area contributed by atoms with E-state index in [0.717, 1.165) is 21.1 Å². The summed E-state index contributed by atoms with van der Waals surface area (Å²) in [6, 6.07) is 30.6. The molecule has 1 aliphatic rings. The maximum atomic E-state index is 12.1. The van der Waals surface area contributed by atoms with Gasteiger partial charge in [0, 0.05) is 16.8 Å². The summed E-state index contributed by atoms with van der Waals surface area (Å²) in [5.41, 5.74) is 2.18. The fourth-order valence-corrected chi connectivity index (χ4v) is 4.72. The van der Waals surface area contributed by atoms with E-state index in [9.17, 15) is 5.11 Å². The zero-order chi connectivity index (χ0) is 18.7. The second kappa shape index (κ2) is 8.13. The second-order valence-corrected chi connectivity index (χ2v) is 8.01. The summed E-state index contributed by atoms with van der Waals surface area (Å²) in [6.45, 7) is 0. The molecule has 3 aromatic rings. The van der Waals surface area contributed by atoms with Crippen LogP contribution in [-0.2, 0) is 10.3 Å². The highest BCUT2D eigenvalue weighted by Crippen LogP contribution is 2.53. The molecule has 0 bridgehead atoms. The predicted molar refractivity (Wildman–Crippen MR) is 117 cm³/mol. The highest BCUT2D eigenvalue weighted by atomic mass is 127. The van der Waals surface area contributed by atoms with Crippen LogP contribution in [0.2, 0.25) is 0 Å². The van der Waals surface area contributed by atoms with Gasteiger partial charge in [-0.2, -0.15) is 0 Å². The largest absolute Gasteiger partial charge is 0.384 e. The highest BCUT2D eigenvalue weighted by Gasteiger charge is 2.50. The molecule has 0 aromatic heterocycles. The topological polar surface area (TPSA) is 29.5 Å². The molecular weight excluding hydrogens is 447 g/mol. The summed E-state index contributed by atoms with van der Waals surface area (Å²) in [6.07, 6.45) is 0.386. The molecule has 4 atom stereocenters. The lowest BCUT2D eigenvalue weighted by Gasteiger charge is -2.48. The van der Waals surface area contributed by atoms with E-state index in [1.54, 1.807) is 0 Å². The molecule has 1 N–H and O–H groups in total. The molecule has 1 aliphatic heterocycles. The van der Waals surface area contributed by atoms with Crippen LogP contribution < -0.4 is 0 Å². The first-order chi connectivity index (χ1) is 13.2. The maximum Gasteiger partial charge on any atom is 0.102 e. The van der Waals surface area contributed by atoms with Crippen molar-refractivity contribution < 1.29 is 9.84 Å². The van der Waals surface area contributed by atoms with E-state index in [0.29, 0.717) is 6.42 Å². The molecule has 27 heavy (non-hydrogen) atoms. The molecule has 0 aliphatic carbocycles. The van der Waals surface area contributed by atoms with Crippen molar-refractivity contribution in [2.75, 3.05) is 4.43 Å². The van der Waals surface area contributed by atoms with Gasteiger partial charge in [-0.05, 0) is 16.7 Å². The van der Waals surface area contributed by atoms with Crippen LogP contribution in [0.3, 0.4) is 0 Å². The summed E-state index contributed by atoms with van der Waals surface area (Å²) in [5, 5.41) is 12.1. The van der Waals surface area contributed by atoms with Crippen LogP contribution in [0.5, 0.6) is 0 Å². The Morgan fingerprint density at radius 2 is 1.33 bits per heavy atom. The molecule has 138 valence electrons. The summed E-state index contributed by atoms with van der Waals surface area (Å²) < 4.78 is 7.38. The monoisotopic (exact) mass is 470 g/mol. The Hall–Kier alpha value is -1.69. The van der Waals surface area contributed by atoms with E-state index >= 15 is 0 Å². The molecule has 0 saturated carbocycles. The molecule has 2 nitrogen and oxygen atoms in total. The number of halogens is 1. The fraction of sp³-hybridized carbons (Fsp3) is 0.250. The molecule has 4 rings (SSSR count). The molecule has 0 unspecified atom stereocenters. The SMILES string of the molecule is O[C@]1(c2ccccc2)C[C@@H](CI)O[C@@H](c2ccccc2)[C@@H]1c1ccccc1. The normalized spacial score (nSPS) is 28.0. The van der Waals surface area contributed by atoms with Crippen molar-refractivity contribution in [1.82, 2.24) is 0 Å². The average molecular weight is 470 g/mol. The Morgan fingerprint density at radius 3 is 1.89 bits per heavy atom. The fourth-order valence-electron chi connectivity index (χ4n) is 4.20. The van der Waals surface area contributed by atoms with Gasteiger partial charge >= 0.3 is 0 Å². The molecule has 0 spiro atoms. The Morgan fingerprint density at radius 1 is 0.815 bits per heavy atom. The first kappa shape index (κ1) is 18.7. The first-order valence-corrected chi connectivity index (χ1v) is 10.8. The lowest BCUT2D eigenvalue weighted by Crippen LogP contribution is -2.47. The molecule has 0 radical (unpaired) electrons. The van der Waals surface area contributed by atoms with Crippen molar-refractivity contribution in [3.8, 4) is 0 Å². The van der Waals surface area contributed by atoms with Crippen LogP contribution in [0.1, 0.15) is 35.1 Å². The number of benzene rings is 3. The van der Waals surface area contributed by atoms with Crippen LogP contribution in [0.15, 0.2) is 91.0 Å². The molecule has 1 fully saturated rings. The molecule has 3 aromatic carbocycles. The minimum atomic E-state index is -0.989. The van der Waals surface area contributed by atoms with Gasteiger partial charge in [0.1, 0.15) is 5.60 Å². The van der Waals surface area contributed by atoms with E-state index in [4.69, 9.17) is 4.74 Å². The van der Waals surface area contributed by atoms with Crippen molar-refractivity contribution in [1.29, 1.82) is 0 Å². The Bertz CT molecular complexity index is 853. The van der Waals surface area contributed by atoms with Gasteiger partial charge in [-0.15, -0.1) is 0 Å². The van der Waals surface area contributed by atoms with Gasteiger partial charge in [-0.1, -0.05) is 114 Å². The number of alkyl halides is 1.